The largest absolute Gasteiger partial charge is 0.467 e. The normalized spacial score (nSPS) is 22.3. The van der Waals surface area contributed by atoms with Crippen LogP contribution in [0.3, 0.4) is 0 Å². The van der Waals surface area contributed by atoms with E-state index in [9.17, 15) is 4.79 Å². The Morgan fingerprint density at radius 3 is 2.80 bits per heavy atom. The Labute approximate surface area is 144 Å². The highest BCUT2D eigenvalue weighted by Crippen LogP contribution is 2.43. The number of carbonyl (C=O) groups is 1. The topological polar surface area (TPSA) is 73.0 Å². The summed E-state index contributed by atoms with van der Waals surface area (Å²) in [7, 11) is 0. The summed E-state index contributed by atoms with van der Waals surface area (Å²) in [5.41, 5.74) is 2.85. The molecule has 6 nitrogen and oxygen atoms in total. The smallest absolute Gasteiger partial charge is 0.226 e. The lowest BCUT2D eigenvalue weighted by molar-refractivity contribution is -0.116. The number of hydrogen-bond donors (Lipinski definition) is 1. The van der Waals surface area contributed by atoms with Gasteiger partial charge >= 0.3 is 0 Å². The van der Waals surface area contributed by atoms with Gasteiger partial charge < -0.3 is 9.73 Å². The molecule has 2 aromatic heterocycles. The summed E-state index contributed by atoms with van der Waals surface area (Å²) in [6.07, 6.45) is 4.38. The summed E-state index contributed by atoms with van der Waals surface area (Å²) in [4.78, 5) is 17.3. The maximum Gasteiger partial charge on any atom is 0.226 e. The number of rotatable bonds is 2. The molecule has 3 aromatic rings. The molecule has 1 aromatic carbocycles. The number of benzene rings is 1. The van der Waals surface area contributed by atoms with Gasteiger partial charge in [-0.1, -0.05) is 30.3 Å². The summed E-state index contributed by atoms with van der Waals surface area (Å²) >= 11 is 0. The first kappa shape index (κ1) is 14.2. The molecule has 3 heterocycles. The summed E-state index contributed by atoms with van der Waals surface area (Å²) in [6.45, 7) is 0. The van der Waals surface area contributed by atoms with Crippen LogP contribution >= 0.6 is 0 Å². The molecular formula is C19H16N4O2. The van der Waals surface area contributed by atoms with Gasteiger partial charge in [-0.2, -0.15) is 10.1 Å². The second-order valence-corrected chi connectivity index (χ2v) is 6.40. The molecule has 0 saturated carbocycles. The van der Waals surface area contributed by atoms with Crippen LogP contribution in [-0.2, 0) is 4.79 Å². The van der Waals surface area contributed by atoms with E-state index in [1.807, 2.05) is 30.3 Å². The van der Waals surface area contributed by atoms with E-state index in [-0.39, 0.29) is 17.7 Å². The Kier molecular flexibility index (Phi) is 3.09. The minimum absolute atomic E-state index is 0.130. The molecule has 1 N–H and O–H groups in total. The average molecular weight is 332 g/mol. The van der Waals surface area contributed by atoms with Crippen molar-refractivity contribution >= 4 is 11.7 Å². The SMILES string of the molecule is O=C1C[C@H](c2ccccc2)CC2=C1[C@H](c1ccco1)n1ncnc1N2. The monoisotopic (exact) mass is 332 g/mol. The van der Waals surface area contributed by atoms with Crippen molar-refractivity contribution in [3.63, 3.8) is 0 Å². The van der Waals surface area contributed by atoms with Crippen molar-refractivity contribution in [1.82, 2.24) is 14.8 Å². The van der Waals surface area contributed by atoms with Crippen molar-refractivity contribution in [3.8, 4) is 0 Å². The van der Waals surface area contributed by atoms with Gasteiger partial charge in [-0.3, -0.25) is 4.79 Å². The van der Waals surface area contributed by atoms with Crippen LogP contribution < -0.4 is 5.32 Å². The summed E-state index contributed by atoms with van der Waals surface area (Å²) in [5, 5.41) is 7.60. The van der Waals surface area contributed by atoms with Crippen LogP contribution in [0.25, 0.3) is 0 Å². The highest BCUT2D eigenvalue weighted by molar-refractivity contribution is 6.00. The van der Waals surface area contributed by atoms with Crippen LogP contribution in [0, 0.1) is 0 Å². The average Bonchev–Trinajstić information content (AvgIpc) is 3.32. The quantitative estimate of drug-likeness (QED) is 0.779. The van der Waals surface area contributed by atoms with Gasteiger partial charge in [-0.25, -0.2) is 4.68 Å². The van der Waals surface area contributed by atoms with E-state index in [4.69, 9.17) is 4.42 Å². The zero-order valence-electron chi connectivity index (χ0n) is 13.4. The fourth-order valence-corrected chi connectivity index (χ4v) is 3.82. The first-order valence-corrected chi connectivity index (χ1v) is 8.32. The zero-order chi connectivity index (χ0) is 16.8. The standard InChI is InChI=1S/C19H16N4O2/c24-15-10-13(12-5-2-1-3-6-12)9-14-17(15)18(16-7-4-8-25-16)23-19(22-14)20-11-21-23/h1-8,11,13,18H,9-10H2,(H,20,21,22)/t13-,18+/m1/s1. The molecule has 1 aliphatic heterocycles. The Bertz CT molecular complexity index is 956. The molecule has 25 heavy (non-hydrogen) atoms. The summed E-state index contributed by atoms with van der Waals surface area (Å²) in [5.74, 6) is 1.64. The Morgan fingerprint density at radius 2 is 2.00 bits per heavy atom. The molecule has 2 atom stereocenters. The van der Waals surface area contributed by atoms with E-state index < -0.39 is 0 Å². The van der Waals surface area contributed by atoms with Crippen molar-refractivity contribution < 1.29 is 9.21 Å². The first-order chi connectivity index (χ1) is 12.3. The lowest BCUT2D eigenvalue weighted by atomic mass is 9.79. The number of furan rings is 1. The molecule has 124 valence electrons. The van der Waals surface area contributed by atoms with Crippen molar-refractivity contribution in [2.24, 2.45) is 0 Å². The van der Waals surface area contributed by atoms with E-state index in [0.29, 0.717) is 18.1 Å². The van der Waals surface area contributed by atoms with Gasteiger partial charge in [0.05, 0.1) is 6.26 Å². The molecule has 2 aliphatic rings. The highest BCUT2D eigenvalue weighted by atomic mass is 16.3. The van der Waals surface area contributed by atoms with E-state index in [1.54, 1.807) is 10.9 Å². The van der Waals surface area contributed by atoms with Crippen molar-refractivity contribution in [2.45, 2.75) is 24.8 Å². The molecule has 6 heteroatoms. The maximum absolute atomic E-state index is 13.0. The van der Waals surface area contributed by atoms with Gasteiger partial charge in [0.1, 0.15) is 18.1 Å². The molecule has 0 radical (unpaired) electrons. The molecule has 0 fully saturated rings. The maximum atomic E-state index is 13.0. The van der Waals surface area contributed by atoms with E-state index >= 15 is 0 Å². The number of nitrogens with zero attached hydrogens (tertiary/aromatic N) is 3. The number of fused-ring (bicyclic) bond motifs is 1. The number of allylic oxidation sites excluding steroid dienone is 2. The minimum Gasteiger partial charge on any atom is -0.467 e. The van der Waals surface area contributed by atoms with Crippen molar-refractivity contribution in [1.29, 1.82) is 0 Å². The first-order valence-electron chi connectivity index (χ1n) is 8.32. The van der Waals surface area contributed by atoms with Crippen molar-refractivity contribution in [2.75, 3.05) is 5.32 Å². The predicted molar refractivity (Wildman–Crippen MR) is 90.9 cm³/mol. The lowest BCUT2D eigenvalue weighted by Gasteiger charge is -2.34. The lowest BCUT2D eigenvalue weighted by Crippen LogP contribution is -2.33. The van der Waals surface area contributed by atoms with Crippen LogP contribution in [0.4, 0.5) is 5.95 Å². The van der Waals surface area contributed by atoms with Crippen LogP contribution in [0.1, 0.15) is 36.1 Å². The van der Waals surface area contributed by atoms with Gasteiger partial charge in [0.2, 0.25) is 5.95 Å². The third-order valence-electron chi connectivity index (χ3n) is 4.95. The van der Waals surface area contributed by atoms with Crippen molar-refractivity contribution in [3.05, 3.63) is 77.6 Å². The third-order valence-corrected chi connectivity index (χ3v) is 4.95. The van der Waals surface area contributed by atoms with Gasteiger partial charge in [0.25, 0.3) is 0 Å². The molecule has 0 saturated heterocycles. The van der Waals surface area contributed by atoms with E-state index in [1.165, 1.54) is 11.9 Å². The number of nitrogens with one attached hydrogen (secondary N) is 1. The van der Waals surface area contributed by atoms with Crippen LogP contribution in [0.5, 0.6) is 0 Å². The van der Waals surface area contributed by atoms with Gasteiger partial charge in [-0.15, -0.1) is 0 Å². The Morgan fingerprint density at radius 1 is 1.12 bits per heavy atom. The fraction of sp³-hybridized carbons (Fsp3) is 0.211. The van der Waals surface area contributed by atoms with E-state index in [0.717, 1.165) is 17.7 Å². The molecule has 0 spiro atoms. The summed E-state index contributed by atoms with van der Waals surface area (Å²) in [6, 6.07) is 13.5. The molecule has 0 amide bonds. The van der Waals surface area contributed by atoms with Crippen LogP contribution in [-0.4, -0.2) is 20.5 Å². The van der Waals surface area contributed by atoms with Crippen LogP contribution in [0.15, 0.2) is 70.7 Å². The fourth-order valence-electron chi connectivity index (χ4n) is 3.82. The number of hydrogen-bond acceptors (Lipinski definition) is 5. The second kappa shape index (κ2) is 5.44. The number of anilines is 1. The number of carbonyl (C=O) groups excluding carboxylic acids is 1. The van der Waals surface area contributed by atoms with Crippen LogP contribution in [0.2, 0.25) is 0 Å². The second-order valence-electron chi connectivity index (χ2n) is 6.40. The molecular weight excluding hydrogens is 316 g/mol. The highest BCUT2D eigenvalue weighted by Gasteiger charge is 2.40. The number of ketones is 1. The van der Waals surface area contributed by atoms with Gasteiger partial charge in [-0.05, 0) is 30.0 Å². The zero-order valence-corrected chi connectivity index (χ0v) is 13.4. The number of aromatic nitrogens is 3. The predicted octanol–water partition coefficient (Wildman–Crippen LogP) is 3.29. The van der Waals surface area contributed by atoms with Gasteiger partial charge in [0, 0.05) is 17.7 Å². The minimum atomic E-state index is -0.354. The third kappa shape index (κ3) is 2.21. The van der Waals surface area contributed by atoms with Gasteiger partial charge in [0.15, 0.2) is 5.78 Å². The molecule has 5 rings (SSSR count). The molecule has 1 aliphatic carbocycles. The summed E-state index contributed by atoms with van der Waals surface area (Å²) < 4.78 is 7.33. The molecule has 0 unspecified atom stereocenters. The van der Waals surface area contributed by atoms with E-state index in [2.05, 4.69) is 27.5 Å². The Hall–Kier alpha value is -3.15. The number of Topliss-reactive ketones (excluding diaryl/α,β-unsaturated/α-hetero) is 1. The Balaban J connectivity index is 1.60. The molecule has 0 bridgehead atoms.